The molecule has 1 aromatic rings. The van der Waals surface area contributed by atoms with E-state index in [-0.39, 0.29) is 47.7 Å². The van der Waals surface area contributed by atoms with Crippen LogP contribution in [0.1, 0.15) is 6.92 Å². The third-order valence-electron chi connectivity index (χ3n) is 4.20. The van der Waals surface area contributed by atoms with Gasteiger partial charge in [-0.2, -0.15) is 0 Å². The molecule has 2 fully saturated rings. The van der Waals surface area contributed by atoms with Crippen molar-refractivity contribution in [2.45, 2.75) is 13.0 Å². The molecule has 0 N–H and O–H groups in total. The fourth-order valence-corrected chi connectivity index (χ4v) is 4.24. The molecule has 1 aromatic carbocycles. The van der Waals surface area contributed by atoms with Crippen LogP contribution in [0, 0.1) is 11.0 Å². The van der Waals surface area contributed by atoms with Gasteiger partial charge in [-0.05, 0) is 18.2 Å². The number of hydroxylamine groups is 2. The summed E-state index contributed by atoms with van der Waals surface area (Å²) in [5.41, 5.74) is 0.363. The number of carbonyl (C=O) groups excluding carboxylic acids is 2. The van der Waals surface area contributed by atoms with Gasteiger partial charge in [0.15, 0.2) is 9.84 Å². The molecule has 2 amide bonds. The molecule has 2 heterocycles. The van der Waals surface area contributed by atoms with Crippen molar-refractivity contribution in [1.82, 2.24) is 5.06 Å². The Bertz CT molecular complexity index is 846. The molecule has 3 rings (SSSR count). The lowest BCUT2D eigenvalue weighted by molar-refractivity contribution is -0.127. The molecular formula is C15H17FN3O6S-. The lowest BCUT2D eigenvalue weighted by Gasteiger charge is -2.28. The predicted octanol–water partition coefficient (Wildman–Crippen LogP) is 0.690. The fourth-order valence-electron chi connectivity index (χ4n) is 2.87. The molecule has 9 nitrogen and oxygen atoms in total. The highest BCUT2D eigenvalue weighted by atomic mass is 32.2. The Hall–Kier alpha value is -2.40. The summed E-state index contributed by atoms with van der Waals surface area (Å²) in [6.07, 6.45) is -1.56. The summed E-state index contributed by atoms with van der Waals surface area (Å²) >= 11 is 0. The molecule has 0 radical (unpaired) electrons. The van der Waals surface area contributed by atoms with Crippen LogP contribution >= 0.6 is 0 Å². The number of cyclic esters (lactones) is 1. The Morgan fingerprint density at radius 1 is 1.46 bits per heavy atom. The number of hydrogen-bond acceptors (Lipinski definition) is 7. The van der Waals surface area contributed by atoms with Crippen LogP contribution in [0.3, 0.4) is 0 Å². The molecule has 11 heteroatoms. The van der Waals surface area contributed by atoms with E-state index in [1.807, 2.05) is 0 Å². The normalized spacial score (nSPS) is 21.8. The third-order valence-corrected chi connectivity index (χ3v) is 5.71. The SMILES string of the molecule is CC(=O)N([O-])CC1CN(c2ccc(N3CCS(=O)(=O)C3)c(F)c2)C(=O)O1. The highest BCUT2D eigenvalue weighted by Crippen LogP contribution is 2.29. The van der Waals surface area contributed by atoms with E-state index in [4.69, 9.17) is 4.74 Å². The molecular weight excluding hydrogens is 369 g/mol. The number of carbonyl (C=O) groups is 2. The van der Waals surface area contributed by atoms with Gasteiger partial charge in [0, 0.05) is 20.0 Å². The maximum absolute atomic E-state index is 14.4. The van der Waals surface area contributed by atoms with Crippen LogP contribution in [-0.4, -0.2) is 62.8 Å². The standard InChI is InChI=1S/C15H17FN3O6S/c1-10(20)19(22)8-12-7-18(15(21)25-12)11-2-3-14(13(16)6-11)17-4-5-26(23,24)9-17/h2-3,6,12H,4-5,7-9H2,1H3/q-1. The molecule has 2 aliphatic rings. The van der Waals surface area contributed by atoms with Gasteiger partial charge in [0.25, 0.3) is 0 Å². The Balaban J connectivity index is 1.73. The average Bonchev–Trinajstić information content (AvgIpc) is 3.09. The van der Waals surface area contributed by atoms with Crippen molar-refractivity contribution in [2.24, 2.45) is 0 Å². The van der Waals surface area contributed by atoms with Gasteiger partial charge in [0.1, 0.15) is 17.8 Å². The second-order valence-electron chi connectivity index (χ2n) is 6.17. The number of anilines is 2. The van der Waals surface area contributed by atoms with Crippen molar-refractivity contribution in [3.63, 3.8) is 0 Å². The van der Waals surface area contributed by atoms with Gasteiger partial charge in [-0.3, -0.25) is 9.69 Å². The van der Waals surface area contributed by atoms with E-state index in [1.54, 1.807) is 0 Å². The Morgan fingerprint density at radius 2 is 2.19 bits per heavy atom. The zero-order chi connectivity index (χ0) is 19.1. The number of halogens is 1. The van der Waals surface area contributed by atoms with Gasteiger partial charge >= 0.3 is 6.09 Å². The summed E-state index contributed by atoms with van der Waals surface area (Å²) in [6.45, 7) is 1.01. The van der Waals surface area contributed by atoms with Crippen LogP contribution in [0.2, 0.25) is 0 Å². The first-order valence-corrected chi connectivity index (χ1v) is 9.67. The monoisotopic (exact) mass is 386 g/mol. The average molecular weight is 386 g/mol. The second-order valence-corrected chi connectivity index (χ2v) is 8.33. The van der Waals surface area contributed by atoms with Crippen LogP contribution in [0.4, 0.5) is 20.6 Å². The first-order valence-electron chi connectivity index (χ1n) is 7.84. The lowest BCUT2D eigenvalue weighted by atomic mass is 10.2. The third kappa shape index (κ3) is 3.73. The topological polar surface area (TPSA) is 110 Å². The molecule has 26 heavy (non-hydrogen) atoms. The van der Waals surface area contributed by atoms with E-state index >= 15 is 0 Å². The smallest absolute Gasteiger partial charge is 0.414 e. The molecule has 1 unspecified atom stereocenters. The summed E-state index contributed by atoms with van der Waals surface area (Å²) in [7, 11) is -3.21. The van der Waals surface area contributed by atoms with Crippen LogP contribution in [0.25, 0.3) is 0 Å². The molecule has 1 atom stereocenters. The number of ether oxygens (including phenoxy) is 1. The maximum atomic E-state index is 14.4. The zero-order valence-electron chi connectivity index (χ0n) is 13.9. The summed E-state index contributed by atoms with van der Waals surface area (Å²) in [4.78, 5) is 25.5. The summed E-state index contributed by atoms with van der Waals surface area (Å²) in [5.74, 6) is -1.64. The molecule has 0 spiro atoms. The molecule has 2 aliphatic heterocycles. The Morgan fingerprint density at radius 3 is 2.77 bits per heavy atom. The van der Waals surface area contributed by atoms with E-state index < -0.39 is 33.8 Å². The molecule has 0 aromatic heterocycles. The molecule has 0 bridgehead atoms. The van der Waals surface area contributed by atoms with Crippen molar-refractivity contribution in [3.05, 3.63) is 29.2 Å². The van der Waals surface area contributed by atoms with Gasteiger partial charge in [-0.15, -0.1) is 0 Å². The Labute approximate surface area is 149 Å². The van der Waals surface area contributed by atoms with Gasteiger partial charge in [0.05, 0.1) is 23.7 Å². The van der Waals surface area contributed by atoms with Crippen molar-refractivity contribution in [1.29, 1.82) is 0 Å². The van der Waals surface area contributed by atoms with Gasteiger partial charge in [-0.25, -0.2) is 17.6 Å². The number of hydrogen-bond donors (Lipinski definition) is 0. The fraction of sp³-hybridized carbons (Fsp3) is 0.467. The molecule has 0 aliphatic carbocycles. The van der Waals surface area contributed by atoms with Gasteiger partial charge in [0.2, 0.25) is 5.91 Å². The summed E-state index contributed by atoms with van der Waals surface area (Å²) in [5, 5.41) is 11.6. The number of sulfone groups is 1. The van der Waals surface area contributed by atoms with E-state index in [9.17, 15) is 27.6 Å². The minimum Gasteiger partial charge on any atom is -0.756 e. The van der Waals surface area contributed by atoms with E-state index in [0.717, 1.165) is 17.9 Å². The second kappa shape index (κ2) is 6.72. The van der Waals surface area contributed by atoms with Crippen LogP contribution in [-0.2, 0) is 19.4 Å². The van der Waals surface area contributed by atoms with Crippen molar-refractivity contribution < 1.29 is 27.1 Å². The van der Waals surface area contributed by atoms with Gasteiger partial charge in [-0.1, -0.05) is 0 Å². The van der Waals surface area contributed by atoms with E-state index in [1.165, 1.54) is 17.0 Å². The number of benzene rings is 1. The highest BCUT2D eigenvalue weighted by molar-refractivity contribution is 7.91. The molecule has 142 valence electrons. The van der Waals surface area contributed by atoms with E-state index in [0.29, 0.717) is 0 Å². The van der Waals surface area contributed by atoms with Crippen LogP contribution in [0.15, 0.2) is 18.2 Å². The van der Waals surface area contributed by atoms with Crippen molar-refractivity contribution >= 4 is 33.2 Å². The first-order chi connectivity index (χ1) is 12.2. The Kier molecular flexibility index (Phi) is 4.76. The van der Waals surface area contributed by atoms with Gasteiger partial charge < -0.3 is 19.9 Å². The number of rotatable bonds is 4. The number of nitrogens with zero attached hydrogens (tertiary/aromatic N) is 3. The predicted molar refractivity (Wildman–Crippen MR) is 90.8 cm³/mol. The van der Waals surface area contributed by atoms with Crippen molar-refractivity contribution in [2.75, 3.05) is 41.1 Å². The van der Waals surface area contributed by atoms with Crippen LogP contribution < -0.4 is 9.80 Å². The minimum atomic E-state index is -3.21. The largest absolute Gasteiger partial charge is 0.756 e. The van der Waals surface area contributed by atoms with E-state index in [2.05, 4.69) is 0 Å². The minimum absolute atomic E-state index is 0.00172. The lowest BCUT2D eigenvalue weighted by Crippen LogP contribution is -2.34. The number of amides is 2. The summed E-state index contributed by atoms with van der Waals surface area (Å²) in [6, 6.07) is 4.00. The zero-order valence-corrected chi connectivity index (χ0v) is 14.7. The first kappa shape index (κ1) is 18.4. The highest BCUT2D eigenvalue weighted by Gasteiger charge is 2.34. The maximum Gasteiger partial charge on any atom is 0.414 e. The summed E-state index contributed by atoms with van der Waals surface area (Å²) < 4.78 is 42.5. The molecule has 2 saturated heterocycles. The van der Waals surface area contributed by atoms with Crippen molar-refractivity contribution in [3.8, 4) is 0 Å². The van der Waals surface area contributed by atoms with Crippen LogP contribution in [0.5, 0.6) is 0 Å². The molecule has 0 saturated carbocycles. The quantitative estimate of drug-likeness (QED) is 0.700.